The van der Waals surface area contributed by atoms with E-state index in [9.17, 15) is 9.18 Å². The van der Waals surface area contributed by atoms with E-state index in [4.69, 9.17) is 21.1 Å². The standard InChI is InChI=1S/C16H18ClFO4/c1-20-15(19)16(11-22-16)14(18)5-3-2-4-10-21-13-8-6-12(17)7-9-13/h5-9H,2-4,10-11H2,1H3. The van der Waals surface area contributed by atoms with Gasteiger partial charge < -0.3 is 14.2 Å². The quantitative estimate of drug-likeness (QED) is 0.415. The monoisotopic (exact) mass is 328 g/mol. The van der Waals surface area contributed by atoms with E-state index in [1.807, 2.05) is 0 Å². The highest BCUT2D eigenvalue weighted by Gasteiger charge is 2.57. The average molecular weight is 329 g/mol. The van der Waals surface area contributed by atoms with Crippen molar-refractivity contribution in [2.24, 2.45) is 0 Å². The molecule has 1 aromatic rings. The Morgan fingerprint density at radius 2 is 2.09 bits per heavy atom. The van der Waals surface area contributed by atoms with E-state index in [0.717, 1.165) is 18.6 Å². The highest BCUT2D eigenvalue weighted by atomic mass is 35.5. The first kappa shape index (κ1) is 16.8. The zero-order valence-corrected chi connectivity index (χ0v) is 13.1. The van der Waals surface area contributed by atoms with Crippen LogP contribution in [0.5, 0.6) is 5.75 Å². The predicted molar refractivity (Wildman–Crippen MR) is 80.7 cm³/mol. The molecule has 1 saturated heterocycles. The maximum Gasteiger partial charge on any atom is 0.347 e. The summed E-state index contributed by atoms with van der Waals surface area (Å²) in [5.74, 6) is -0.507. The molecule has 0 radical (unpaired) electrons. The Kier molecular flexibility index (Phi) is 5.80. The molecule has 22 heavy (non-hydrogen) atoms. The van der Waals surface area contributed by atoms with E-state index in [-0.39, 0.29) is 6.61 Å². The molecular weight excluding hydrogens is 311 g/mol. The van der Waals surface area contributed by atoms with Crippen molar-refractivity contribution >= 4 is 17.6 Å². The number of allylic oxidation sites excluding steroid dienone is 1. The van der Waals surface area contributed by atoms with Crippen molar-refractivity contribution in [3.05, 3.63) is 41.2 Å². The van der Waals surface area contributed by atoms with Crippen molar-refractivity contribution in [3.8, 4) is 5.75 Å². The highest BCUT2D eigenvalue weighted by molar-refractivity contribution is 6.30. The van der Waals surface area contributed by atoms with Crippen molar-refractivity contribution in [2.75, 3.05) is 20.3 Å². The van der Waals surface area contributed by atoms with Crippen LogP contribution in [0, 0.1) is 0 Å². The molecule has 2 rings (SSSR count). The molecule has 1 aromatic carbocycles. The average Bonchev–Trinajstić information content (AvgIpc) is 3.33. The Balaban J connectivity index is 1.66. The third kappa shape index (κ3) is 4.21. The molecule has 6 heteroatoms. The van der Waals surface area contributed by atoms with Crippen molar-refractivity contribution in [3.63, 3.8) is 0 Å². The number of carbonyl (C=O) groups excluding carboxylic acids is 1. The number of carbonyl (C=O) groups is 1. The van der Waals surface area contributed by atoms with E-state index < -0.39 is 17.4 Å². The minimum Gasteiger partial charge on any atom is -0.494 e. The normalized spacial score (nSPS) is 20.6. The molecule has 1 unspecified atom stereocenters. The number of halogens is 2. The summed E-state index contributed by atoms with van der Waals surface area (Å²) in [7, 11) is 1.22. The van der Waals surface area contributed by atoms with Crippen LogP contribution in [0.4, 0.5) is 4.39 Å². The Morgan fingerprint density at radius 1 is 1.41 bits per heavy atom. The summed E-state index contributed by atoms with van der Waals surface area (Å²) < 4.78 is 28.8. The minimum atomic E-state index is -1.48. The van der Waals surface area contributed by atoms with Crippen LogP contribution in [0.1, 0.15) is 19.3 Å². The molecule has 0 N–H and O–H groups in total. The van der Waals surface area contributed by atoms with Gasteiger partial charge in [-0.2, -0.15) is 0 Å². The number of rotatable bonds is 8. The smallest absolute Gasteiger partial charge is 0.347 e. The van der Waals surface area contributed by atoms with Crippen LogP contribution in [-0.2, 0) is 14.3 Å². The largest absolute Gasteiger partial charge is 0.494 e. The van der Waals surface area contributed by atoms with Gasteiger partial charge in [-0.05, 0) is 49.6 Å². The number of unbranched alkanes of at least 4 members (excludes halogenated alkanes) is 2. The second kappa shape index (κ2) is 7.61. The number of ether oxygens (including phenoxy) is 3. The third-order valence-electron chi connectivity index (χ3n) is 3.34. The molecule has 120 valence electrons. The van der Waals surface area contributed by atoms with Crippen LogP contribution in [0.25, 0.3) is 0 Å². The summed E-state index contributed by atoms with van der Waals surface area (Å²) in [6.07, 6.45) is 3.42. The van der Waals surface area contributed by atoms with Gasteiger partial charge >= 0.3 is 5.97 Å². The Hall–Kier alpha value is -1.59. The van der Waals surface area contributed by atoms with Gasteiger partial charge in [0.15, 0.2) is 0 Å². The molecule has 0 amide bonds. The number of benzene rings is 1. The summed E-state index contributed by atoms with van der Waals surface area (Å²) in [4.78, 5) is 11.4. The molecule has 0 spiro atoms. The first-order chi connectivity index (χ1) is 10.6. The lowest BCUT2D eigenvalue weighted by Gasteiger charge is -2.07. The fraction of sp³-hybridized carbons (Fsp3) is 0.438. The van der Waals surface area contributed by atoms with Gasteiger partial charge in [0.2, 0.25) is 5.60 Å². The van der Waals surface area contributed by atoms with Gasteiger partial charge in [0.05, 0.1) is 20.3 Å². The molecule has 0 aliphatic carbocycles. The van der Waals surface area contributed by atoms with Crippen LogP contribution in [0.2, 0.25) is 5.02 Å². The fourth-order valence-electron chi connectivity index (χ4n) is 1.95. The lowest BCUT2D eigenvalue weighted by Crippen LogP contribution is -2.26. The third-order valence-corrected chi connectivity index (χ3v) is 3.59. The lowest BCUT2D eigenvalue weighted by atomic mass is 10.1. The number of esters is 1. The zero-order chi connectivity index (χ0) is 16.0. The molecule has 1 fully saturated rings. The number of hydrogen-bond donors (Lipinski definition) is 0. The van der Waals surface area contributed by atoms with Gasteiger partial charge in [0, 0.05) is 5.02 Å². The van der Waals surface area contributed by atoms with Gasteiger partial charge in [-0.1, -0.05) is 11.6 Å². The second-order valence-electron chi connectivity index (χ2n) is 4.96. The summed E-state index contributed by atoms with van der Waals surface area (Å²) in [5.41, 5.74) is -1.48. The van der Waals surface area contributed by atoms with Gasteiger partial charge in [-0.3, -0.25) is 0 Å². The van der Waals surface area contributed by atoms with E-state index in [1.165, 1.54) is 13.2 Å². The molecule has 1 atom stereocenters. The summed E-state index contributed by atoms with van der Waals surface area (Å²) in [6, 6.07) is 7.12. The molecule has 0 saturated carbocycles. The molecular formula is C16H18ClFO4. The summed E-state index contributed by atoms with van der Waals surface area (Å²) >= 11 is 5.78. The summed E-state index contributed by atoms with van der Waals surface area (Å²) in [5, 5.41) is 0.662. The zero-order valence-electron chi connectivity index (χ0n) is 12.3. The van der Waals surface area contributed by atoms with Crippen molar-refractivity contribution < 1.29 is 23.4 Å². The van der Waals surface area contributed by atoms with Crippen LogP contribution in [0.3, 0.4) is 0 Å². The highest BCUT2D eigenvalue weighted by Crippen LogP contribution is 2.37. The maximum absolute atomic E-state index is 13.9. The fourth-order valence-corrected chi connectivity index (χ4v) is 2.08. The summed E-state index contributed by atoms with van der Waals surface area (Å²) in [6.45, 7) is 0.581. The van der Waals surface area contributed by atoms with Crippen LogP contribution < -0.4 is 4.74 Å². The van der Waals surface area contributed by atoms with Crippen molar-refractivity contribution in [2.45, 2.75) is 24.9 Å². The van der Waals surface area contributed by atoms with Crippen LogP contribution in [0.15, 0.2) is 36.2 Å². The number of methoxy groups -OCH3 is 1. The first-order valence-electron chi connectivity index (χ1n) is 7.05. The van der Waals surface area contributed by atoms with Crippen molar-refractivity contribution in [1.82, 2.24) is 0 Å². The number of epoxide rings is 1. The topological polar surface area (TPSA) is 48.1 Å². The molecule has 1 heterocycles. The number of hydrogen-bond acceptors (Lipinski definition) is 4. The van der Waals surface area contributed by atoms with Crippen molar-refractivity contribution in [1.29, 1.82) is 0 Å². The van der Waals surface area contributed by atoms with Crippen LogP contribution >= 0.6 is 11.6 Å². The molecule has 0 bridgehead atoms. The maximum atomic E-state index is 13.9. The Labute approximate surface area is 133 Å². The molecule has 0 aromatic heterocycles. The van der Waals surface area contributed by atoms with Gasteiger partial charge in [0.25, 0.3) is 0 Å². The predicted octanol–water partition coefficient (Wildman–Crippen LogP) is 3.68. The minimum absolute atomic E-state index is 0.0433. The van der Waals surface area contributed by atoms with Gasteiger partial charge in [0.1, 0.15) is 11.6 Å². The molecule has 1 aliphatic rings. The molecule has 1 aliphatic heterocycles. The van der Waals surface area contributed by atoms with E-state index in [1.54, 1.807) is 24.3 Å². The van der Waals surface area contributed by atoms with Crippen LogP contribution in [-0.4, -0.2) is 31.9 Å². The Bertz CT molecular complexity index is 538. The SMILES string of the molecule is COC(=O)C1(C(F)=CCCCCOc2ccc(Cl)cc2)CO1. The van der Waals surface area contributed by atoms with E-state index >= 15 is 0 Å². The molecule has 4 nitrogen and oxygen atoms in total. The Morgan fingerprint density at radius 3 is 2.68 bits per heavy atom. The van der Waals surface area contributed by atoms with Gasteiger partial charge in [-0.25, -0.2) is 9.18 Å². The van der Waals surface area contributed by atoms with E-state index in [0.29, 0.717) is 18.1 Å². The first-order valence-corrected chi connectivity index (χ1v) is 7.43. The lowest BCUT2D eigenvalue weighted by molar-refractivity contribution is -0.145. The second-order valence-corrected chi connectivity index (χ2v) is 5.39. The van der Waals surface area contributed by atoms with E-state index in [2.05, 4.69) is 4.74 Å². The van der Waals surface area contributed by atoms with Gasteiger partial charge in [-0.15, -0.1) is 0 Å².